The highest BCUT2D eigenvalue weighted by atomic mass is 32.1. The van der Waals surface area contributed by atoms with Gasteiger partial charge >= 0.3 is 5.97 Å². The second-order valence-electron chi connectivity index (χ2n) is 4.50. The van der Waals surface area contributed by atoms with E-state index in [9.17, 15) is 4.79 Å². The molecule has 0 aromatic rings. The van der Waals surface area contributed by atoms with Crippen molar-refractivity contribution in [1.29, 1.82) is 0 Å². The number of thiol groups is 2. The molecule has 96 valence electrons. The van der Waals surface area contributed by atoms with Crippen LogP contribution in [0.1, 0.15) is 46.5 Å². The van der Waals surface area contributed by atoms with Crippen LogP contribution in [-0.2, 0) is 9.53 Å². The molecule has 2 nitrogen and oxygen atoms in total. The third-order valence-corrected chi connectivity index (χ3v) is 3.77. The Morgan fingerprint density at radius 2 is 1.81 bits per heavy atom. The molecule has 0 aromatic heterocycles. The molecule has 0 N–H and O–H groups in total. The first kappa shape index (κ1) is 16.2. The molecule has 0 bridgehead atoms. The fraction of sp³-hybridized carbons (Fsp3) is 0.917. The van der Waals surface area contributed by atoms with Gasteiger partial charge < -0.3 is 4.74 Å². The van der Waals surface area contributed by atoms with E-state index < -0.39 is 0 Å². The minimum atomic E-state index is -0.326. The van der Waals surface area contributed by atoms with E-state index in [0.29, 0.717) is 12.4 Å². The van der Waals surface area contributed by atoms with Crippen LogP contribution in [-0.4, -0.2) is 23.6 Å². The summed E-state index contributed by atoms with van der Waals surface area (Å²) in [6, 6.07) is 0. The smallest absolute Gasteiger partial charge is 0.311 e. The SMILES string of the molecule is CCCC(C)(CCC)C(=O)OCC(S)CS. The van der Waals surface area contributed by atoms with Crippen molar-refractivity contribution in [3.63, 3.8) is 0 Å². The van der Waals surface area contributed by atoms with Gasteiger partial charge in [0.2, 0.25) is 0 Å². The second kappa shape index (κ2) is 8.29. The van der Waals surface area contributed by atoms with Crippen LogP contribution in [0.3, 0.4) is 0 Å². The fourth-order valence-corrected chi connectivity index (χ4v) is 2.01. The van der Waals surface area contributed by atoms with Crippen LogP contribution in [0.2, 0.25) is 0 Å². The van der Waals surface area contributed by atoms with Crippen molar-refractivity contribution in [2.75, 3.05) is 12.4 Å². The van der Waals surface area contributed by atoms with Crippen molar-refractivity contribution < 1.29 is 9.53 Å². The molecule has 0 spiro atoms. The molecule has 4 heteroatoms. The molecule has 0 aliphatic rings. The third-order valence-electron chi connectivity index (χ3n) is 2.71. The molecule has 0 radical (unpaired) electrons. The highest BCUT2D eigenvalue weighted by Crippen LogP contribution is 2.30. The van der Waals surface area contributed by atoms with E-state index in [-0.39, 0.29) is 16.6 Å². The predicted octanol–water partition coefficient (Wildman–Crippen LogP) is 3.36. The van der Waals surface area contributed by atoms with Gasteiger partial charge in [0.25, 0.3) is 0 Å². The summed E-state index contributed by atoms with van der Waals surface area (Å²) in [6.07, 6.45) is 3.78. The van der Waals surface area contributed by atoms with E-state index in [1.54, 1.807) is 0 Å². The lowest BCUT2D eigenvalue weighted by Gasteiger charge is -2.27. The Balaban J connectivity index is 4.27. The zero-order chi connectivity index (χ0) is 12.6. The average Bonchev–Trinajstić information content (AvgIpc) is 2.25. The quantitative estimate of drug-likeness (QED) is 0.519. The van der Waals surface area contributed by atoms with Crippen molar-refractivity contribution in [3.8, 4) is 0 Å². The van der Waals surface area contributed by atoms with Crippen molar-refractivity contribution in [1.82, 2.24) is 0 Å². The molecule has 0 heterocycles. The molecule has 0 rings (SSSR count). The summed E-state index contributed by atoms with van der Waals surface area (Å²) in [5.74, 6) is 0.534. The Kier molecular flexibility index (Phi) is 8.38. The fourth-order valence-electron chi connectivity index (χ4n) is 1.83. The van der Waals surface area contributed by atoms with Gasteiger partial charge in [-0.05, 0) is 19.8 Å². The Morgan fingerprint density at radius 1 is 1.31 bits per heavy atom. The predicted molar refractivity (Wildman–Crippen MR) is 75.5 cm³/mol. The van der Waals surface area contributed by atoms with E-state index in [4.69, 9.17) is 4.74 Å². The molecule has 0 saturated carbocycles. The summed E-state index contributed by atoms with van der Waals surface area (Å²) in [4.78, 5) is 12.0. The van der Waals surface area contributed by atoms with Gasteiger partial charge in [0.05, 0.1) is 5.41 Å². The monoisotopic (exact) mass is 264 g/mol. The van der Waals surface area contributed by atoms with E-state index >= 15 is 0 Å². The lowest BCUT2D eigenvalue weighted by Crippen LogP contribution is -2.31. The molecule has 0 saturated heterocycles. The van der Waals surface area contributed by atoms with Gasteiger partial charge in [-0.2, -0.15) is 25.3 Å². The van der Waals surface area contributed by atoms with Crippen LogP contribution >= 0.6 is 25.3 Å². The maximum atomic E-state index is 12.0. The van der Waals surface area contributed by atoms with Crippen molar-refractivity contribution >= 4 is 31.2 Å². The van der Waals surface area contributed by atoms with E-state index in [1.807, 2.05) is 6.92 Å². The number of rotatable bonds is 8. The number of carbonyl (C=O) groups is 1. The number of ether oxygens (including phenoxy) is 1. The molecule has 0 amide bonds. The normalized spacial score (nSPS) is 13.6. The Bertz CT molecular complexity index is 201. The van der Waals surface area contributed by atoms with Gasteiger partial charge in [0.15, 0.2) is 0 Å². The molecular formula is C12H24O2S2. The topological polar surface area (TPSA) is 26.3 Å². The van der Waals surface area contributed by atoms with Gasteiger partial charge in [-0.3, -0.25) is 4.79 Å². The lowest BCUT2D eigenvalue weighted by molar-refractivity contribution is -0.155. The van der Waals surface area contributed by atoms with Crippen molar-refractivity contribution in [2.24, 2.45) is 5.41 Å². The average molecular weight is 264 g/mol. The zero-order valence-electron chi connectivity index (χ0n) is 10.5. The summed E-state index contributed by atoms with van der Waals surface area (Å²) in [6.45, 7) is 6.54. The van der Waals surface area contributed by atoms with E-state index in [0.717, 1.165) is 25.7 Å². The lowest BCUT2D eigenvalue weighted by atomic mass is 9.81. The Labute approximate surface area is 110 Å². The number of hydrogen-bond donors (Lipinski definition) is 2. The van der Waals surface area contributed by atoms with Crippen LogP contribution in [0.15, 0.2) is 0 Å². The number of carbonyl (C=O) groups excluding carboxylic acids is 1. The van der Waals surface area contributed by atoms with Gasteiger partial charge in [0, 0.05) is 11.0 Å². The minimum absolute atomic E-state index is 0.0276. The molecule has 1 unspecified atom stereocenters. The largest absolute Gasteiger partial charge is 0.464 e. The molecule has 16 heavy (non-hydrogen) atoms. The minimum Gasteiger partial charge on any atom is -0.464 e. The molecule has 0 aliphatic heterocycles. The first-order valence-electron chi connectivity index (χ1n) is 5.96. The maximum Gasteiger partial charge on any atom is 0.311 e. The standard InChI is InChI=1S/C12H24O2S2/c1-4-6-12(3,7-5-2)11(13)14-8-10(16)9-15/h10,15-16H,4-9H2,1-3H3. The first-order chi connectivity index (χ1) is 7.50. The van der Waals surface area contributed by atoms with Gasteiger partial charge in [0.1, 0.15) is 6.61 Å². The van der Waals surface area contributed by atoms with Crippen LogP contribution in [0.25, 0.3) is 0 Å². The summed E-state index contributed by atoms with van der Waals surface area (Å²) in [5, 5.41) is 0.0276. The van der Waals surface area contributed by atoms with E-state index in [1.165, 1.54) is 0 Å². The Morgan fingerprint density at radius 3 is 2.19 bits per heavy atom. The summed E-state index contributed by atoms with van der Waals surface area (Å²) in [7, 11) is 0. The summed E-state index contributed by atoms with van der Waals surface area (Å²) >= 11 is 8.36. The van der Waals surface area contributed by atoms with Gasteiger partial charge in [-0.25, -0.2) is 0 Å². The zero-order valence-corrected chi connectivity index (χ0v) is 12.3. The Hall–Kier alpha value is 0.170. The van der Waals surface area contributed by atoms with Crippen molar-refractivity contribution in [3.05, 3.63) is 0 Å². The number of hydrogen-bond acceptors (Lipinski definition) is 4. The van der Waals surface area contributed by atoms with Gasteiger partial charge in [-0.1, -0.05) is 26.7 Å². The van der Waals surface area contributed by atoms with Crippen LogP contribution in [0.5, 0.6) is 0 Å². The third kappa shape index (κ3) is 5.48. The molecule has 0 aromatic carbocycles. The second-order valence-corrected chi connectivity index (χ2v) is 5.59. The molecular weight excluding hydrogens is 240 g/mol. The number of esters is 1. The van der Waals surface area contributed by atoms with Crippen LogP contribution < -0.4 is 0 Å². The molecule has 0 fully saturated rings. The maximum absolute atomic E-state index is 12.0. The molecule has 0 aliphatic carbocycles. The summed E-state index contributed by atoms with van der Waals surface area (Å²) in [5.41, 5.74) is -0.326. The highest BCUT2D eigenvalue weighted by molar-refractivity contribution is 7.84. The van der Waals surface area contributed by atoms with Gasteiger partial charge in [-0.15, -0.1) is 0 Å². The first-order valence-corrected chi connectivity index (χ1v) is 7.11. The molecule has 1 atom stereocenters. The highest BCUT2D eigenvalue weighted by Gasteiger charge is 2.33. The van der Waals surface area contributed by atoms with Crippen LogP contribution in [0, 0.1) is 5.41 Å². The van der Waals surface area contributed by atoms with E-state index in [2.05, 4.69) is 39.1 Å². The summed E-state index contributed by atoms with van der Waals surface area (Å²) < 4.78 is 5.30. The van der Waals surface area contributed by atoms with Crippen LogP contribution in [0.4, 0.5) is 0 Å². The van der Waals surface area contributed by atoms with Crippen molar-refractivity contribution in [2.45, 2.75) is 51.7 Å².